The summed E-state index contributed by atoms with van der Waals surface area (Å²) in [7, 11) is -3.39. The number of rotatable bonds is 4. The van der Waals surface area contributed by atoms with Crippen molar-refractivity contribution in [2.24, 2.45) is 0 Å². The Labute approximate surface area is 130 Å². The summed E-state index contributed by atoms with van der Waals surface area (Å²) in [6.07, 6.45) is 5.91. The Bertz CT molecular complexity index is 703. The molecule has 0 amide bonds. The van der Waals surface area contributed by atoms with E-state index in [9.17, 15) is 8.42 Å². The Morgan fingerprint density at radius 3 is 2.41 bits per heavy atom. The monoisotopic (exact) mass is 320 g/mol. The highest BCUT2D eigenvalue weighted by molar-refractivity contribution is 7.89. The van der Waals surface area contributed by atoms with E-state index in [1.54, 1.807) is 22.6 Å². The van der Waals surface area contributed by atoms with E-state index in [0.717, 1.165) is 24.8 Å². The molecule has 3 rings (SSSR count). The van der Waals surface area contributed by atoms with Crippen LogP contribution in [0.5, 0.6) is 0 Å². The van der Waals surface area contributed by atoms with Crippen LogP contribution in [-0.2, 0) is 16.4 Å². The average Bonchev–Trinajstić information content (AvgIpc) is 3.09. The third kappa shape index (κ3) is 2.91. The molecule has 0 aliphatic carbocycles. The van der Waals surface area contributed by atoms with Gasteiger partial charge in [-0.2, -0.15) is 4.31 Å². The first-order chi connectivity index (χ1) is 10.6. The molecule has 1 fully saturated rings. The van der Waals surface area contributed by atoms with E-state index >= 15 is 0 Å². The van der Waals surface area contributed by atoms with Gasteiger partial charge in [0.1, 0.15) is 0 Å². The quantitative estimate of drug-likeness (QED) is 0.862. The first-order valence-corrected chi connectivity index (χ1v) is 9.00. The van der Waals surface area contributed by atoms with E-state index in [4.69, 9.17) is 0 Å². The van der Waals surface area contributed by atoms with Crippen LogP contribution in [0.1, 0.15) is 31.4 Å². The number of nitrogens with zero attached hydrogens (tertiary/aromatic N) is 4. The topological polar surface area (TPSA) is 68.1 Å². The van der Waals surface area contributed by atoms with Crippen molar-refractivity contribution in [3.8, 4) is 0 Å². The van der Waals surface area contributed by atoms with Gasteiger partial charge in [-0.1, -0.05) is 24.3 Å². The second kappa shape index (κ2) is 6.18. The van der Waals surface area contributed by atoms with Gasteiger partial charge >= 0.3 is 0 Å². The van der Waals surface area contributed by atoms with Gasteiger partial charge in [0.05, 0.1) is 17.1 Å². The molecule has 0 N–H and O–H groups in total. The second-order valence-corrected chi connectivity index (χ2v) is 7.45. The van der Waals surface area contributed by atoms with Crippen molar-refractivity contribution >= 4 is 10.0 Å². The Morgan fingerprint density at radius 1 is 1.18 bits per heavy atom. The summed E-state index contributed by atoms with van der Waals surface area (Å²) in [5.74, 6) is 0. The molecule has 2 heterocycles. The standard InChI is InChI=1S/C15H20N4O2S/c1-2-13-3-5-15(6-4-13)22(20,21)18-10-7-14(8-11-18)19-12-9-16-17-19/h3-6,9,12,14H,2,7-8,10-11H2,1H3. The molecule has 0 unspecified atom stereocenters. The number of hydrogen-bond acceptors (Lipinski definition) is 4. The lowest BCUT2D eigenvalue weighted by atomic mass is 10.1. The number of piperidine rings is 1. The van der Waals surface area contributed by atoms with Crippen LogP contribution >= 0.6 is 0 Å². The number of hydrogen-bond donors (Lipinski definition) is 0. The van der Waals surface area contributed by atoms with Crippen LogP contribution in [0.4, 0.5) is 0 Å². The van der Waals surface area contributed by atoms with Gasteiger partial charge < -0.3 is 0 Å². The van der Waals surface area contributed by atoms with Crippen molar-refractivity contribution in [3.05, 3.63) is 42.2 Å². The minimum atomic E-state index is -3.39. The molecule has 0 atom stereocenters. The number of sulfonamides is 1. The fraction of sp³-hybridized carbons (Fsp3) is 0.467. The van der Waals surface area contributed by atoms with Gasteiger partial charge in [-0.25, -0.2) is 13.1 Å². The number of aryl methyl sites for hydroxylation is 1. The average molecular weight is 320 g/mol. The largest absolute Gasteiger partial charge is 0.249 e. The maximum absolute atomic E-state index is 12.7. The van der Waals surface area contributed by atoms with Crippen LogP contribution in [0.25, 0.3) is 0 Å². The van der Waals surface area contributed by atoms with Crippen LogP contribution in [0.3, 0.4) is 0 Å². The van der Waals surface area contributed by atoms with Crippen LogP contribution in [0.15, 0.2) is 41.6 Å². The SMILES string of the molecule is CCc1ccc(S(=O)(=O)N2CCC(n3ccnn3)CC2)cc1. The van der Waals surface area contributed by atoms with Crippen molar-refractivity contribution in [3.63, 3.8) is 0 Å². The van der Waals surface area contributed by atoms with E-state index in [-0.39, 0.29) is 6.04 Å². The Hall–Kier alpha value is -1.73. The minimum absolute atomic E-state index is 0.233. The van der Waals surface area contributed by atoms with E-state index in [1.807, 2.05) is 23.0 Å². The summed E-state index contributed by atoms with van der Waals surface area (Å²) < 4.78 is 28.7. The molecule has 1 aliphatic rings. The lowest BCUT2D eigenvalue weighted by Gasteiger charge is -2.31. The van der Waals surface area contributed by atoms with Gasteiger partial charge in [0.2, 0.25) is 10.0 Å². The predicted molar refractivity (Wildman–Crippen MR) is 82.9 cm³/mol. The first kappa shape index (κ1) is 15.2. The molecule has 7 heteroatoms. The molecule has 0 radical (unpaired) electrons. The van der Waals surface area contributed by atoms with Crippen LogP contribution in [-0.4, -0.2) is 40.8 Å². The zero-order valence-corrected chi connectivity index (χ0v) is 13.4. The molecule has 22 heavy (non-hydrogen) atoms. The maximum Gasteiger partial charge on any atom is 0.243 e. The molecular formula is C15H20N4O2S. The van der Waals surface area contributed by atoms with Crippen molar-refractivity contribution in [1.29, 1.82) is 0 Å². The molecule has 1 saturated heterocycles. The van der Waals surface area contributed by atoms with Gasteiger partial charge in [0, 0.05) is 19.3 Å². The van der Waals surface area contributed by atoms with Crippen molar-refractivity contribution in [2.45, 2.75) is 37.1 Å². The highest BCUT2D eigenvalue weighted by atomic mass is 32.2. The smallest absolute Gasteiger partial charge is 0.243 e. The Morgan fingerprint density at radius 2 is 1.86 bits per heavy atom. The van der Waals surface area contributed by atoms with Gasteiger partial charge in [0.15, 0.2) is 0 Å². The van der Waals surface area contributed by atoms with Gasteiger partial charge in [-0.15, -0.1) is 5.10 Å². The Kier molecular flexibility index (Phi) is 4.26. The predicted octanol–water partition coefficient (Wildman–Crippen LogP) is 1.87. The summed E-state index contributed by atoms with van der Waals surface area (Å²) in [6, 6.07) is 7.41. The lowest BCUT2D eigenvalue weighted by Crippen LogP contribution is -2.39. The number of aromatic nitrogens is 3. The third-order valence-corrected chi connectivity index (χ3v) is 6.12. The van der Waals surface area contributed by atoms with Crippen LogP contribution in [0.2, 0.25) is 0 Å². The maximum atomic E-state index is 12.7. The summed E-state index contributed by atoms with van der Waals surface area (Å²) in [5.41, 5.74) is 1.14. The first-order valence-electron chi connectivity index (χ1n) is 7.56. The third-order valence-electron chi connectivity index (χ3n) is 4.21. The lowest BCUT2D eigenvalue weighted by molar-refractivity contribution is 0.258. The molecular weight excluding hydrogens is 300 g/mol. The highest BCUT2D eigenvalue weighted by Crippen LogP contribution is 2.26. The summed E-state index contributed by atoms with van der Waals surface area (Å²) in [6.45, 7) is 3.09. The summed E-state index contributed by atoms with van der Waals surface area (Å²) in [5, 5.41) is 7.81. The molecule has 1 aliphatic heterocycles. The van der Waals surface area contributed by atoms with Crippen molar-refractivity contribution < 1.29 is 8.42 Å². The highest BCUT2D eigenvalue weighted by Gasteiger charge is 2.30. The fourth-order valence-corrected chi connectivity index (χ4v) is 4.28. The van der Waals surface area contributed by atoms with Crippen LogP contribution < -0.4 is 0 Å². The van der Waals surface area contributed by atoms with E-state index in [2.05, 4.69) is 17.2 Å². The van der Waals surface area contributed by atoms with Crippen molar-refractivity contribution in [1.82, 2.24) is 19.3 Å². The van der Waals surface area contributed by atoms with Gasteiger partial charge in [-0.3, -0.25) is 0 Å². The summed E-state index contributed by atoms with van der Waals surface area (Å²) >= 11 is 0. The molecule has 1 aromatic carbocycles. The molecule has 0 spiro atoms. The van der Waals surface area contributed by atoms with Crippen molar-refractivity contribution in [2.75, 3.05) is 13.1 Å². The molecule has 6 nitrogen and oxygen atoms in total. The Balaban J connectivity index is 1.71. The molecule has 0 bridgehead atoms. The molecule has 118 valence electrons. The van der Waals surface area contributed by atoms with E-state index < -0.39 is 10.0 Å². The molecule has 1 aromatic heterocycles. The number of benzene rings is 1. The second-order valence-electron chi connectivity index (χ2n) is 5.52. The van der Waals surface area contributed by atoms with Crippen LogP contribution in [0, 0.1) is 0 Å². The summed E-state index contributed by atoms with van der Waals surface area (Å²) in [4.78, 5) is 0.379. The van der Waals surface area contributed by atoms with Gasteiger partial charge in [0.25, 0.3) is 0 Å². The zero-order valence-electron chi connectivity index (χ0n) is 12.6. The normalized spacial score (nSPS) is 17.7. The van der Waals surface area contributed by atoms with E-state index in [0.29, 0.717) is 18.0 Å². The molecule has 0 saturated carbocycles. The fourth-order valence-electron chi connectivity index (χ4n) is 2.81. The van der Waals surface area contributed by atoms with E-state index in [1.165, 1.54) is 0 Å². The molecule has 2 aromatic rings. The minimum Gasteiger partial charge on any atom is -0.249 e. The zero-order chi connectivity index (χ0) is 15.6. The van der Waals surface area contributed by atoms with Gasteiger partial charge in [-0.05, 0) is 37.0 Å².